The monoisotopic (exact) mass is 452 g/mol. The zero-order valence-corrected chi connectivity index (χ0v) is 17.8. The van der Waals surface area contributed by atoms with Crippen molar-refractivity contribution >= 4 is 36.0 Å². The van der Waals surface area contributed by atoms with Gasteiger partial charge in [-0.2, -0.15) is 0 Å². The van der Waals surface area contributed by atoms with Crippen molar-refractivity contribution in [1.82, 2.24) is 15.5 Å². The Bertz CT molecular complexity index is 433. The Hall–Kier alpha value is -0.730. The van der Waals surface area contributed by atoms with E-state index >= 15 is 0 Å². The summed E-state index contributed by atoms with van der Waals surface area (Å²) in [5.74, 6) is 0.865. The molecule has 2 aliphatic rings. The van der Waals surface area contributed by atoms with Crippen molar-refractivity contribution < 1.29 is 9.53 Å². The molecule has 0 bridgehead atoms. The molecule has 1 heterocycles. The second kappa shape index (κ2) is 9.68. The highest BCUT2D eigenvalue weighted by Crippen LogP contribution is 2.21. The van der Waals surface area contributed by atoms with Crippen molar-refractivity contribution in [3.8, 4) is 0 Å². The van der Waals surface area contributed by atoms with Crippen LogP contribution in [0.4, 0.5) is 4.79 Å². The third-order valence-electron chi connectivity index (χ3n) is 3.98. The first kappa shape index (κ1) is 21.3. The quantitative estimate of drug-likeness (QED) is 0.391. The second-order valence-electron chi connectivity index (χ2n) is 7.46. The van der Waals surface area contributed by atoms with Gasteiger partial charge in [0.1, 0.15) is 5.60 Å². The Morgan fingerprint density at radius 1 is 1.25 bits per heavy atom. The first-order valence-electron chi connectivity index (χ1n) is 8.93. The van der Waals surface area contributed by atoms with E-state index in [0.29, 0.717) is 12.6 Å². The van der Waals surface area contributed by atoms with E-state index in [9.17, 15) is 4.79 Å². The predicted molar refractivity (Wildman–Crippen MR) is 108 cm³/mol. The number of rotatable bonds is 4. The van der Waals surface area contributed by atoms with E-state index in [1.54, 1.807) is 0 Å². The fourth-order valence-electron chi connectivity index (χ4n) is 2.69. The number of carbonyl (C=O) groups excluding carboxylic acids is 1. The number of carbonyl (C=O) groups is 1. The molecule has 0 spiro atoms. The van der Waals surface area contributed by atoms with Crippen LogP contribution in [0, 0.1) is 0 Å². The number of likely N-dealkylation sites (tertiary alicyclic amines) is 1. The van der Waals surface area contributed by atoms with Crippen LogP contribution < -0.4 is 10.6 Å². The molecule has 6 nitrogen and oxygen atoms in total. The van der Waals surface area contributed by atoms with Crippen LogP contribution in [0.25, 0.3) is 0 Å². The van der Waals surface area contributed by atoms with Crippen molar-refractivity contribution in [2.75, 3.05) is 19.6 Å². The van der Waals surface area contributed by atoms with Gasteiger partial charge in [0.25, 0.3) is 0 Å². The Morgan fingerprint density at radius 3 is 2.54 bits per heavy atom. The van der Waals surface area contributed by atoms with Gasteiger partial charge in [-0.15, -0.1) is 24.0 Å². The molecule has 0 radical (unpaired) electrons. The van der Waals surface area contributed by atoms with E-state index < -0.39 is 5.60 Å². The van der Waals surface area contributed by atoms with E-state index in [0.717, 1.165) is 38.3 Å². The topological polar surface area (TPSA) is 66.0 Å². The summed E-state index contributed by atoms with van der Waals surface area (Å²) in [5.41, 5.74) is -0.454. The number of amides is 1. The SMILES string of the molecule is CCNC(=NCC1CCCCN1C(=O)OC(C)(C)C)NC1CC1.I. The Morgan fingerprint density at radius 2 is 1.96 bits per heavy atom. The summed E-state index contributed by atoms with van der Waals surface area (Å²) in [4.78, 5) is 19.0. The first-order valence-corrected chi connectivity index (χ1v) is 8.93. The number of aliphatic imine (C=N–C) groups is 1. The Labute approximate surface area is 163 Å². The lowest BCUT2D eigenvalue weighted by molar-refractivity contribution is 0.0110. The third kappa shape index (κ3) is 7.44. The van der Waals surface area contributed by atoms with E-state index in [1.165, 1.54) is 12.8 Å². The highest BCUT2D eigenvalue weighted by Gasteiger charge is 2.30. The van der Waals surface area contributed by atoms with Gasteiger partial charge in [-0.05, 0) is 59.8 Å². The number of piperidine rings is 1. The molecule has 2 N–H and O–H groups in total. The van der Waals surface area contributed by atoms with Gasteiger partial charge >= 0.3 is 6.09 Å². The molecule has 1 atom stereocenters. The lowest BCUT2D eigenvalue weighted by Gasteiger charge is -2.36. The van der Waals surface area contributed by atoms with Gasteiger partial charge in [-0.3, -0.25) is 4.99 Å². The summed E-state index contributed by atoms with van der Waals surface area (Å²) >= 11 is 0. The molecule has 2 rings (SSSR count). The third-order valence-corrected chi connectivity index (χ3v) is 3.98. The zero-order chi connectivity index (χ0) is 16.9. The van der Waals surface area contributed by atoms with Crippen LogP contribution >= 0.6 is 24.0 Å². The molecule has 1 saturated carbocycles. The van der Waals surface area contributed by atoms with Crippen molar-refractivity contribution in [2.45, 2.75) is 77.5 Å². The number of hydrogen-bond donors (Lipinski definition) is 2. The van der Waals surface area contributed by atoms with Gasteiger partial charge in [0, 0.05) is 19.1 Å². The van der Waals surface area contributed by atoms with Gasteiger partial charge in [0.05, 0.1) is 12.6 Å². The van der Waals surface area contributed by atoms with E-state index in [-0.39, 0.29) is 36.1 Å². The van der Waals surface area contributed by atoms with Gasteiger partial charge in [-0.25, -0.2) is 4.79 Å². The molecule has 1 aliphatic heterocycles. The van der Waals surface area contributed by atoms with Gasteiger partial charge < -0.3 is 20.3 Å². The van der Waals surface area contributed by atoms with Crippen LogP contribution in [0.2, 0.25) is 0 Å². The molecule has 2 fully saturated rings. The van der Waals surface area contributed by atoms with E-state index in [4.69, 9.17) is 9.73 Å². The Kier molecular flexibility index (Phi) is 8.59. The van der Waals surface area contributed by atoms with Crippen LogP contribution in [0.5, 0.6) is 0 Å². The summed E-state index contributed by atoms with van der Waals surface area (Å²) in [5, 5.41) is 6.70. The smallest absolute Gasteiger partial charge is 0.410 e. The van der Waals surface area contributed by atoms with E-state index in [1.807, 2.05) is 25.7 Å². The molecule has 7 heteroatoms. The molecule has 0 aromatic heterocycles. The summed E-state index contributed by atoms with van der Waals surface area (Å²) in [7, 11) is 0. The van der Waals surface area contributed by atoms with Crippen molar-refractivity contribution in [2.24, 2.45) is 4.99 Å². The van der Waals surface area contributed by atoms with Crippen LogP contribution in [-0.2, 0) is 4.74 Å². The predicted octanol–water partition coefficient (Wildman–Crippen LogP) is 3.11. The normalized spacial score (nSPS) is 21.8. The summed E-state index contributed by atoms with van der Waals surface area (Å²) in [6.45, 7) is 10.0. The van der Waals surface area contributed by atoms with Gasteiger partial charge in [0.15, 0.2) is 5.96 Å². The van der Waals surface area contributed by atoms with Crippen LogP contribution in [0.15, 0.2) is 4.99 Å². The van der Waals surface area contributed by atoms with Crippen molar-refractivity contribution in [3.63, 3.8) is 0 Å². The average molecular weight is 452 g/mol. The lowest BCUT2D eigenvalue weighted by atomic mass is 10.0. The maximum atomic E-state index is 12.4. The fourth-order valence-corrected chi connectivity index (χ4v) is 2.69. The number of halogens is 1. The molecule has 140 valence electrons. The van der Waals surface area contributed by atoms with E-state index in [2.05, 4.69) is 17.6 Å². The molecule has 0 aromatic carbocycles. The maximum Gasteiger partial charge on any atom is 0.410 e. The molecule has 1 saturated heterocycles. The highest BCUT2D eigenvalue weighted by atomic mass is 127. The number of nitrogens with one attached hydrogen (secondary N) is 2. The summed E-state index contributed by atoms with van der Waals surface area (Å²) < 4.78 is 5.54. The molecule has 1 aliphatic carbocycles. The minimum absolute atomic E-state index is 0. The fraction of sp³-hybridized carbons (Fsp3) is 0.882. The molecular weight excluding hydrogens is 419 g/mol. The van der Waals surface area contributed by atoms with Crippen LogP contribution in [0.1, 0.15) is 59.8 Å². The second-order valence-corrected chi connectivity index (χ2v) is 7.46. The lowest BCUT2D eigenvalue weighted by Crippen LogP contribution is -2.48. The van der Waals surface area contributed by atoms with Crippen molar-refractivity contribution in [3.05, 3.63) is 0 Å². The molecule has 1 unspecified atom stereocenters. The molecule has 24 heavy (non-hydrogen) atoms. The average Bonchev–Trinajstić information content (AvgIpc) is 3.27. The number of hydrogen-bond acceptors (Lipinski definition) is 3. The zero-order valence-electron chi connectivity index (χ0n) is 15.4. The number of nitrogens with zero attached hydrogens (tertiary/aromatic N) is 2. The standard InChI is InChI=1S/C17H32N4O2.HI/c1-5-18-15(20-13-9-10-13)19-12-14-8-6-7-11-21(14)16(22)23-17(2,3)4;/h13-14H,5-12H2,1-4H3,(H2,18,19,20);1H. The Balaban J connectivity index is 0.00000288. The maximum absolute atomic E-state index is 12.4. The summed E-state index contributed by atoms with van der Waals surface area (Å²) in [6, 6.07) is 0.703. The largest absolute Gasteiger partial charge is 0.444 e. The van der Waals surface area contributed by atoms with Gasteiger partial charge in [0.2, 0.25) is 0 Å². The minimum Gasteiger partial charge on any atom is -0.444 e. The summed E-state index contributed by atoms with van der Waals surface area (Å²) in [6.07, 6.45) is 5.41. The van der Waals surface area contributed by atoms with Crippen LogP contribution in [-0.4, -0.2) is 54.3 Å². The molecule has 1 amide bonds. The minimum atomic E-state index is -0.454. The first-order chi connectivity index (χ1) is 10.9. The molecular formula is C17H33IN4O2. The number of guanidine groups is 1. The highest BCUT2D eigenvalue weighted by molar-refractivity contribution is 14.0. The van der Waals surface area contributed by atoms with Gasteiger partial charge in [-0.1, -0.05) is 0 Å². The van der Waals surface area contributed by atoms with Crippen LogP contribution in [0.3, 0.4) is 0 Å². The number of ether oxygens (including phenoxy) is 1. The molecule has 0 aromatic rings. The van der Waals surface area contributed by atoms with Crippen molar-refractivity contribution in [1.29, 1.82) is 0 Å².